The molecule has 0 aliphatic heterocycles. The summed E-state index contributed by atoms with van der Waals surface area (Å²) in [6.45, 7) is 9.45. The zero-order chi connectivity index (χ0) is 21.6. The number of hydrogen-bond donors (Lipinski definition) is 1. The van der Waals surface area contributed by atoms with E-state index in [4.69, 9.17) is 16.3 Å². The first-order valence-electron chi connectivity index (χ1n) is 9.61. The molecule has 2 aromatic rings. The number of hydrogen-bond acceptors (Lipinski definition) is 3. The van der Waals surface area contributed by atoms with Crippen molar-refractivity contribution in [1.82, 2.24) is 10.2 Å². The lowest BCUT2D eigenvalue weighted by atomic mass is 10.1. The normalized spacial score (nSPS) is 12.2. The molecule has 1 atom stereocenters. The minimum absolute atomic E-state index is 0.166. The number of halogens is 1. The van der Waals surface area contributed by atoms with Crippen LogP contribution >= 0.6 is 11.6 Å². The van der Waals surface area contributed by atoms with E-state index in [0.717, 1.165) is 11.1 Å². The van der Waals surface area contributed by atoms with Gasteiger partial charge in [0.05, 0.1) is 0 Å². The molecule has 0 spiro atoms. The van der Waals surface area contributed by atoms with Crippen LogP contribution in [0.15, 0.2) is 48.5 Å². The molecule has 0 fully saturated rings. The van der Waals surface area contributed by atoms with Crippen LogP contribution < -0.4 is 10.1 Å². The Balaban J connectivity index is 2.18. The number of nitrogens with zero attached hydrogens (tertiary/aromatic N) is 1. The van der Waals surface area contributed by atoms with Crippen molar-refractivity contribution in [1.29, 1.82) is 0 Å². The van der Waals surface area contributed by atoms with Gasteiger partial charge >= 0.3 is 0 Å². The number of carbonyl (C=O) groups excluding carboxylic acids is 2. The molecular formula is C23H29ClN2O3. The Kier molecular flexibility index (Phi) is 7.68. The van der Waals surface area contributed by atoms with Crippen LogP contribution in [-0.2, 0) is 16.1 Å². The SMILES string of the molecule is Cc1ccc(OCC(=O)N(Cc2ccccc2Cl)[C@@H](C)C(=O)NC(C)(C)C)cc1. The van der Waals surface area contributed by atoms with Crippen LogP contribution in [0.1, 0.15) is 38.8 Å². The number of amides is 2. The van der Waals surface area contributed by atoms with Crippen molar-refractivity contribution < 1.29 is 14.3 Å². The quantitative estimate of drug-likeness (QED) is 0.729. The highest BCUT2D eigenvalue weighted by Crippen LogP contribution is 2.19. The standard InChI is InChI=1S/C23H29ClN2O3/c1-16-10-12-19(13-11-16)29-15-21(27)26(14-18-8-6-7-9-20(18)24)17(2)22(28)25-23(3,4)5/h6-13,17H,14-15H2,1-5H3,(H,25,28)/t17-/m0/s1. The average Bonchev–Trinajstić information content (AvgIpc) is 2.65. The van der Waals surface area contributed by atoms with Gasteiger partial charge < -0.3 is 15.0 Å². The lowest BCUT2D eigenvalue weighted by Gasteiger charge is -2.31. The van der Waals surface area contributed by atoms with Crippen molar-refractivity contribution in [3.63, 3.8) is 0 Å². The topological polar surface area (TPSA) is 58.6 Å². The van der Waals surface area contributed by atoms with E-state index in [-0.39, 0.29) is 25.0 Å². The first-order chi connectivity index (χ1) is 13.6. The minimum Gasteiger partial charge on any atom is -0.484 e. The predicted octanol–water partition coefficient (Wildman–Crippen LogP) is 4.36. The number of rotatable bonds is 7. The summed E-state index contributed by atoms with van der Waals surface area (Å²) in [4.78, 5) is 27.2. The molecular weight excluding hydrogens is 388 g/mol. The summed E-state index contributed by atoms with van der Waals surface area (Å²) in [5.74, 6) is 0.0868. The van der Waals surface area contributed by atoms with Gasteiger partial charge in [0.1, 0.15) is 11.8 Å². The van der Waals surface area contributed by atoms with E-state index in [9.17, 15) is 9.59 Å². The van der Waals surface area contributed by atoms with Gasteiger partial charge in [0, 0.05) is 17.1 Å². The van der Waals surface area contributed by atoms with Gasteiger partial charge in [-0.15, -0.1) is 0 Å². The maximum Gasteiger partial charge on any atom is 0.261 e. The lowest BCUT2D eigenvalue weighted by molar-refractivity contribution is -0.142. The maximum atomic E-state index is 13.0. The van der Waals surface area contributed by atoms with E-state index in [1.165, 1.54) is 4.90 Å². The fourth-order valence-electron chi connectivity index (χ4n) is 2.73. The van der Waals surface area contributed by atoms with E-state index >= 15 is 0 Å². The Morgan fingerprint density at radius 2 is 1.72 bits per heavy atom. The highest BCUT2D eigenvalue weighted by atomic mass is 35.5. The third kappa shape index (κ3) is 7.09. The lowest BCUT2D eigenvalue weighted by Crippen LogP contribution is -2.53. The van der Waals surface area contributed by atoms with Crippen molar-refractivity contribution >= 4 is 23.4 Å². The second-order valence-corrected chi connectivity index (χ2v) is 8.54. The molecule has 2 rings (SSSR count). The highest BCUT2D eigenvalue weighted by Gasteiger charge is 2.29. The molecule has 0 bridgehead atoms. The number of aryl methyl sites for hydroxylation is 1. The second kappa shape index (κ2) is 9.79. The van der Waals surface area contributed by atoms with Crippen molar-refractivity contribution in [3.8, 4) is 5.75 Å². The summed E-state index contributed by atoms with van der Waals surface area (Å²) >= 11 is 6.28. The van der Waals surface area contributed by atoms with Gasteiger partial charge in [-0.05, 0) is 58.4 Å². The van der Waals surface area contributed by atoms with E-state index in [1.54, 1.807) is 13.0 Å². The van der Waals surface area contributed by atoms with E-state index < -0.39 is 11.6 Å². The Morgan fingerprint density at radius 3 is 2.31 bits per heavy atom. The first-order valence-corrected chi connectivity index (χ1v) is 9.99. The summed E-state index contributed by atoms with van der Waals surface area (Å²) in [5.41, 5.74) is 1.48. The molecule has 0 saturated heterocycles. The molecule has 0 saturated carbocycles. The molecule has 0 radical (unpaired) electrons. The van der Waals surface area contributed by atoms with Crippen LogP contribution in [0, 0.1) is 6.92 Å². The molecule has 0 aliphatic carbocycles. The van der Waals surface area contributed by atoms with Crippen LogP contribution in [-0.4, -0.2) is 34.9 Å². The fourth-order valence-corrected chi connectivity index (χ4v) is 2.92. The number of benzene rings is 2. The zero-order valence-corrected chi connectivity index (χ0v) is 18.4. The van der Waals surface area contributed by atoms with Crippen LogP contribution in [0.3, 0.4) is 0 Å². The minimum atomic E-state index is -0.681. The fraction of sp³-hybridized carbons (Fsp3) is 0.391. The molecule has 2 amide bonds. The van der Waals surface area contributed by atoms with E-state index in [2.05, 4.69) is 5.32 Å². The third-order valence-corrected chi connectivity index (χ3v) is 4.72. The highest BCUT2D eigenvalue weighted by molar-refractivity contribution is 6.31. The van der Waals surface area contributed by atoms with Gasteiger partial charge in [-0.2, -0.15) is 0 Å². The van der Waals surface area contributed by atoms with Gasteiger partial charge in [0.15, 0.2) is 6.61 Å². The van der Waals surface area contributed by atoms with Gasteiger partial charge in [-0.3, -0.25) is 9.59 Å². The smallest absolute Gasteiger partial charge is 0.261 e. The molecule has 29 heavy (non-hydrogen) atoms. The molecule has 0 unspecified atom stereocenters. The molecule has 156 valence electrons. The largest absolute Gasteiger partial charge is 0.484 e. The van der Waals surface area contributed by atoms with Crippen LogP contribution in [0.2, 0.25) is 5.02 Å². The monoisotopic (exact) mass is 416 g/mol. The molecule has 0 aliphatic rings. The second-order valence-electron chi connectivity index (χ2n) is 8.13. The predicted molar refractivity (Wildman–Crippen MR) is 116 cm³/mol. The molecule has 0 aromatic heterocycles. The average molecular weight is 417 g/mol. The van der Waals surface area contributed by atoms with E-state index in [0.29, 0.717) is 10.8 Å². The first kappa shape index (κ1) is 22.8. The molecule has 2 aromatic carbocycles. The third-order valence-electron chi connectivity index (χ3n) is 4.35. The number of nitrogens with one attached hydrogen (secondary N) is 1. The number of ether oxygens (including phenoxy) is 1. The van der Waals surface area contributed by atoms with Crippen LogP contribution in [0.25, 0.3) is 0 Å². The van der Waals surface area contributed by atoms with Gasteiger partial charge in [0.2, 0.25) is 5.91 Å². The van der Waals surface area contributed by atoms with Crippen molar-refractivity contribution in [2.45, 2.75) is 52.7 Å². The molecule has 6 heteroatoms. The molecule has 5 nitrogen and oxygen atoms in total. The Labute approximate surface area is 178 Å². The van der Waals surface area contributed by atoms with Crippen molar-refractivity contribution in [3.05, 3.63) is 64.7 Å². The van der Waals surface area contributed by atoms with Crippen molar-refractivity contribution in [2.75, 3.05) is 6.61 Å². The van der Waals surface area contributed by atoms with E-state index in [1.807, 2.05) is 70.2 Å². The van der Waals surface area contributed by atoms with Crippen LogP contribution in [0.5, 0.6) is 5.75 Å². The zero-order valence-electron chi connectivity index (χ0n) is 17.7. The Hall–Kier alpha value is -2.53. The summed E-state index contributed by atoms with van der Waals surface area (Å²) in [5, 5.41) is 3.48. The Bertz CT molecular complexity index is 844. The van der Waals surface area contributed by atoms with Gasteiger partial charge in [0.25, 0.3) is 5.91 Å². The Morgan fingerprint density at radius 1 is 1.10 bits per heavy atom. The van der Waals surface area contributed by atoms with Crippen molar-refractivity contribution in [2.24, 2.45) is 0 Å². The van der Waals surface area contributed by atoms with Gasteiger partial charge in [-0.1, -0.05) is 47.5 Å². The van der Waals surface area contributed by atoms with Gasteiger partial charge in [-0.25, -0.2) is 0 Å². The summed E-state index contributed by atoms with van der Waals surface area (Å²) in [6.07, 6.45) is 0. The summed E-state index contributed by atoms with van der Waals surface area (Å²) < 4.78 is 5.65. The maximum absolute atomic E-state index is 13.0. The number of carbonyl (C=O) groups is 2. The van der Waals surface area contributed by atoms with Crippen LogP contribution in [0.4, 0.5) is 0 Å². The summed E-state index contributed by atoms with van der Waals surface area (Å²) in [6, 6.07) is 14.1. The summed E-state index contributed by atoms with van der Waals surface area (Å²) in [7, 11) is 0. The molecule has 0 heterocycles. The molecule has 1 N–H and O–H groups in total.